The van der Waals surface area contributed by atoms with Gasteiger partial charge in [0.15, 0.2) is 0 Å². The molecule has 1 rings (SSSR count). The Morgan fingerprint density at radius 2 is 1.72 bits per heavy atom. The summed E-state index contributed by atoms with van der Waals surface area (Å²) in [4.78, 5) is 21.6. The minimum Gasteiger partial charge on any atom is -0.435 e. The van der Waals surface area contributed by atoms with Crippen LogP contribution >= 0.6 is 0 Å². The molecule has 0 aliphatic heterocycles. The Kier molecular flexibility index (Phi) is 5.13. The van der Waals surface area contributed by atoms with Gasteiger partial charge in [-0.05, 0) is 36.8 Å². The lowest BCUT2D eigenvalue weighted by atomic mass is 9.93. The summed E-state index contributed by atoms with van der Waals surface area (Å²) >= 11 is 0. The first-order valence-corrected chi connectivity index (χ1v) is 6.13. The molecule has 1 fully saturated rings. The molecule has 0 N–H and O–H groups in total. The summed E-state index contributed by atoms with van der Waals surface area (Å²) in [6, 6.07) is 0. The van der Waals surface area contributed by atoms with Gasteiger partial charge >= 0.3 is 11.9 Å². The molecule has 1 aliphatic carbocycles. The average molecular weight is 252 g/mol. The summed E-state index contributed by atoms with van der Waals surface area (Å²) in [6.07, 6.45) is 5.07. The molecule has 1 aliphatic rings. The lowest BCUT2D eigenvalue weighted by Crippen LogP contribution is -2.05. The van der Waals surface area contributed by atoms with Gasteiger partial charge in [0.1, 0.15) is 0 Å². The first-order chi connectivity index (χ1) is 8.41. The van der Waals surface area contributed by atoms with Crippen molar-refractivity contribution in [3.8, 4) is 0 Å². The number of carbonyl (C=O) groups excluding carboxylic acids is 2. The normalized spacial score (nSPS) is 26.2. The molecule has 100 valence electrons. The smallest absolute Gasteiger partial charge is 0.307 e. The van der Waals surface area contributed by atoms with Crippen LogP contribution in [0.4, 0.5) is 0 Å². The van der Waals surface area contributed by atoms with Gasteiger partial charge in [0.05, 0.1) is 12.5 Å². The summed E-state index contributed by atoms with van der Waals surface area (Å²) < 4.78 is 9.86. The standard InChI is InChI=1S/C14H20O4/c1-9-5-6-13(10(2)7-17-11(3)15)14(9)8-18-12(4)16/h7-9,13H,5-6H2,1-4H3. The van der Waals surface area contributed by atoms with Crippen LogP contribution in [0.2, 0.25) is 0 Å². The van der Waals surface area contributed by atoms with E-state index in [1.54, 1.807) is 6.26 Å². The van der Waals surface area contributed by atoms with Crippen molar-refractivity contribution in [1.29, 1.82) is 0 Å². The Morgan fingerprint density at radius 3 is 2.28 bits per heavy atom. The number of esters is 2. The molecule has 4 heteroatoms. The zero-order valence-corrected chi connectivity index (χ0v) is 11.4. The molecule has 4 nitrogen and oxygen atoms in total. The number of carbonyl (C=O) groups is 2. The van der Waals surface area contributed by atoms with E-state index >= 15 is 0 Å². The van der Waals surface area contributed by atoms with Crippen molar-refractivity contribution in [3.63, 3.8) is 0 Å². The van der Waals surface area contributed by atoms with Gasteiger partial charge in [0, 0.05) is 19.8 Å². The van der Waals surface area contributed by atoms with Gasteiger partial charge in [0.25, 0.3) is 0 Å². The Hall–Kier alpha value is -1.58. The number of allylic oxidation sites excluding steroid dienone is 2. The second-order valence-corrected chi connectivity index (χ2v) is 4.73. The maximum Gasteiger partial charge on any atom is 0.307 e. The second kappa shape index (κ2) is 6.38. The molecular weight excluding hydrogens is 232 g/mol. The van der Waals surface area contributed by atoms with E-state index in [1.165, 1.54) is 20.1 Å². The first kappa shape index (κ1) is 14.5. The molecular formula is C14H20O4. The fraction of sp³-hybridized carbons (Fsp3) is 0.571. The van der Waals surface area contributed by atoms with E-state index in [4.69, 9.17) is 9.47 Å². The molecule has 18 heavy (non-hydrogen) atoms. The number of ether oxygens (including phenoxy) is 2. The van der Waals surface area contributed by atoms with Crippen molar-refractivity contribution in [3.05, 3.63) is 23.7 Å². The maximum atomic E-state index is 10.8. The number of hydrogen-bond donors (Lipinski definition) is 0. The summed E-state index contributed by atoms with van der Waals surface area (Å²) in [5.74, 6) is -0.0680. The summed E-state index contributed by atoms with van der Waals surface area (Å²) in [5.41, 5.74) is 2.07. The fourth-order valence-electron chi connectivity index (χ4n) is 2.19. The van der Waals surface area contributed by atoms with Crippen LogP contribution in [0.3, 0.4) is 0 Å². The van der Waals surface area contributed by atoms with Crippen LogP contribution in [0.25, 0.3) is 0 Å². The summed E-state index contributed by atoms with van der Waals surface area (Å²) in [6.45, 7) is 6.78. The average Bonchev–Trinajstić information content (AvgIpc) is 2.64. The minimum atomic E-state index is -0.328. The van der Waals surface area contributed by atoms with Gasteiger partial charge in [-0.1, -0.05) is 6.92 Å². The fourth-order valence-corrected chi connectivity index (χ4v) is 2.19. The van der Waals surface area contributed by atoms with Gasteiger partial charge in [-0.15, -0.1) is 0 Å². The van der Waals surface area contributed by atoms with Crippen molar-refractivity contribution < 1.29 is 19.1 Å². The Bertz CT molecular complexity index is 393. The maximum absolute atomic E-state index is 10.8. The zero-order valence-electron chi connectivity index (χ0n) is 11.4. The van der Waals surface area contributed by atoms with Crippen LogP contribution in [0, 0.1) is 11.8 Å². The van der Waals surface area contributed by atoms with Gasteiger partial charge in [-0.2, -0.15) is 0 Å². The molecule has 0 aromatic rings. The molecule has 0 spiro atoms. The first-order valence-electron chi connectivity index (χ1n) is 6.13. The van der Waals surface area contributed by atoms with Crippen molar-refractivity contribution in [2.24, 2.45) is 11.8 Å². The lowest BCUT2D eigenvalue weighted by Gasteiger charge is -2.14. The van der Waals surface area contributed by atoms with Gasteiger partial charge in [-0.3, -0.25) is 9.59 Å². The molecule has 0 amide bonds. The van der Waals surface area contributed by atoms with Crippen molar-refractivity contribution in [1.82, 2.24) is 0 Å². The number of hydrogen-bond acceptors (Lipinski definition) is 4. The highest BCUT2D eigenvalue weighted by molar-refractivity contribution is 5.67. The number of rotatable bonds is 3. The van der Waals surface area contributed by atoms with Crippen LogP contribution in [0.1, 0.15) is 40.5 Å². The molecule has 1 saturated carbocycles. The van der Waals surface area contributed by atoms with Crippen LogP contribution in [0.5, 0.6) is 0 Å². The van der Waals surface area contributed by atoms with E-state index in [2.05, 4.69) is 6.92 Å². The molecule has 0 saturated heterocycles. The van der Waals surface area contributed by atoms with E-state index in [1.807, 2.05) is 6.92 Å². The van der Waals surface area contributed by atoms with E-state index in [0.717, 1.165) is 24.0 Å². The highest BCUT2D eigenvalue weighted by atomic mass is 16.5. The van der Waals surface area contributed by atoms with Crippen LogP contribution in [-0.4, -0.2) is 11.9 Å². The van der Waals surface area contributed by atoms with Gasteiger partial charge < -0.3 is 9.47 Å². The minimum absolute atomic E-state index is 0.193. The molecule has 2 unspecified atom stereocenters. The van der Waals surface area contributed by atoms with Crippen LogP contribution in [0.15, 0.2) is 23.7 Å². The SMILES string of the molecule is CC(=O)OC=C(C)C1CCC(C)C1=COC(C)=O. The third kappa shape index (κ3) is 4.02. The van der Waals surface area contributed by atoms with E-state index < -0.39 is 0 Å². The predicted molar refractivity (Wildman–Crippen MR) is 67.3 cm³/mol. The highest BCUT2D eigenvalue weighted by Gasteiger charge is 2.29. The van der Waals surface area contributed by atoms with E-state index in [0.29, 0.717) is 5.92 Å². The predicted octanol–water partition coefficient (Wildman–Crippen LogP) is 2.95. The highest BCUT2D eigenvalue weighted by Crippen LogP contribution is 2.40. The zero-order chi connectivity index (χ0) is 13.7. The Morgan fingerprint density at radius 1 is 1.11 bits per heavy atom. The second-order valence-electron chi connectivity index (χ2n) is 4.73. The molecule has 0 aromatic heterocycles. The molecule has 0 bridgehead atoms. The van der Waals surface area contributed by atoms with Crippen LogP contribution in [-0.2, 0) is 19.1 Å². The molecule has 0 radical (unpaired) electrons. The largest absolute Gasteiger partial charge is 0.435 e. The van der Waals surface area contributed by atoms with Crippen molar-refractivity contribution >= 4 is 11.9 Å². The Labute approximate surface area is 108 Å². The molecule has 0 aromatic carbocycles. The van der Waals surface area contributed by atoms with Gasteiger partial charge in [-0.25, -0.2) is 0 Å². The van der Waals surface area contributed by atoms with E-state index in [9.17, 15) is 9.59 Å². The Balaban J connectivity index is 2.80. The topological polar surface area (TPSA) is 52.6 Å². The van der Waals surface area contributed by atoms with Crippen molar-refractivity contribution in [2.45, 2.75) is 40.5 Å². The summed E-state index contributed by atoms with van der Waals surface area (Å²) in [5, 5.41) is 0. The summed E-state index contributed by atoms with van der Waals surface area (Å²) in [7, 11) is 0. The third-order valence-electron chi connectivity index (χ3n) is 3.18. The third-order valence-corrected chi connectivity index (χ3v) is 3.18. The monoisotopic (exact) mass is 252 g/mol. The lowest BCUT2D eigenvalue weighted by molar-refractivity contribution is -0.136. The van der Waals surface area contributed by atoms with Crippen molar-refractivity contribution in [2.75, 3.05) is 0 Å². The molecule has 0 heterocycles. The quantitative estimate of drug-likeness (QED) is 0.572. The van der Waals surface area contributed by atoms with E-state index in [-0.39, 0.29) is 17.9 Å². The van der Waals surface area contributed by atoms with Crippen LogP contribution < -0.4 is 0 Å². The molecule has 2 atom stereocenters. The van der Waals surface area contributed by atoms with Gasteiger partial charge in [0.2, 0.25) is 0 Å².